The Morgan fingerprint density at radius 3 is 2.59 bits per heavy atom. The van der Waals surface area contributed by atoms with Gasteiger partial charge in [-0.3, -0.25) is 0 Å². The number of aromatic nitrogens is 1. The molecule has 4 nitrogen and oxygen atoms in total. The Labute approximate surface area is 152 Å². The summed E-state index contributed by atoms with van der Waals surface area (Å²) in [6.07, 6.45) is -1.51. The number of fused-ring (bicyclic) bond motifs is 1. The molecule has 0 bridgehead atoms. The minimum Gasteiger partial charge on any atom is -0.495 e. The van der Waals surface area contributed by atoms with Crippen molar-refractivity contribution in [1.29, 1.82) is 10.5 Å². The summed E-state index contributed by atoms with van der Waals surface area (Å²) in [6.45, 7) is 0. The molecule has 0 radical (unpaired) electrons. The Morgan fingerprint density at radius 2 is 1.96 bits per heavy atom. The van der Waals surface area contributed by atoms with Crippen molar-refractivity contribution in [2.45, 2.75) is 6.18 Å². The van der Waals surface area contributed by atoms with Crippen LogP contribution >= 0.6 is 0 Å². The van der Waals surface area contributed by atoms with Gasteiger partial charge in [-0.1, -0.05) is 12.1 Å². The summed E-state index contributed by atoms with van der Waals surface area (Å²) in [5, 5.41) is 19.0. The average Bonchev–Trinajstić information content (AvgIpc) is 3.08. The molecule has 1 aromatic heterocycles. The van der Waals surface area contributed by atoms with E-state index in [-0.39, 0.29) is 11.0 Å². The minimum atomic E-state index is -4.48. The Kier molecular flexibility index (Phi) is 4.62. The summed E-state index contributed by atoms with van der Waals surface area (Å²) < 4.78 is 44.3. The van der Waals surface area contributed by atoms with Crippen LogP contribution < -0.4 is 4.74 Å². The molecule has 0 amide bonds. The van der Waals surface area contributed by atoms with E-state index in [0.29, 0.717) is 28.0 Å². The zero-order chi connectivity index (χ0) is 19.6. The first-order valence-electron chi connectivity index (χ1n) is 7.76. The topological polar surface area (TPSA) is 72.6 Å². The number of allylic oxidation sites excluding steroid dienone is 1. The summed E-state index contributed by atoms with van der Waals surface area (Å²) in [4.78, 5) is 2.88. The van der Waals surface area contributed by atoms with E-state index in [4.69, 9.17) is 4.74 Å². The van der Waals surface area contributed by atoms with E-state index in [1.54, 1.807) is 18.2 Å². The Hall–Kier alpha value is -3.71. The zero-order valence-electron chi connectivity index (χ0n) is 14.1. The van der Waals surface area contributed by atoms with Crippen LogP contribution in [0.3, 0.4) is 0 Å². The third kappa shape index (κ3) is 3.36. The second kappa shape index (κ2) is 6.89. The van der Waals surface area contributed by atoms with Crippen molar-refractivity contribution in [2.24, 2.45) is 0 Å². The van der Waals surface area contributed by atoms with Crippen molar-refractivity contribution in [3.05, 3.63) is 64.8 Å². The Bertz CT molecular complexity index is 1130. The quantitative estimate of drug-likeness (QED) is 0.652. The van der Waals surface area contributed by atoms with E-state index < -0.39 is 11.7 Å². The predicted octanol–water partition coefficient (Wildman–Crippen LogP) is 5.13. The summed E-state index contributed by atoms with van der Waals surface area (Å²) in [7, 11) is 1.40. The van der Waals surface area contributed by atoms with Crippen LogP contribution in [0.1, 0.15) is 22.3 Å². The van der Waals surface area contributed by atoms with Gasteiger partial charge in [-0.2, -0.15) is 23.7 Å². The maximum atomic E-state index is 13.0. The van der Waals surface area contributed by atoms with Crippen molar-refractivity contribution in [3.8, 4) is 17.9 Å². The van der Waals surface area contributed by atoms with Crippen LogP contribution in [0.2, 0.25) is 0 Å². The summed E-state index contributed by atoms with van der Waals surface area (Å²) in [5.41, 5.74) is 0.947. The number of nitrogens with one attached hydrogen (secondary N) is 1. The van der Waals surface area contributed by atoms with Crippen LogP contribution in [0.25, 0.3) is 22.6 Å². The minimum absolute atomic E-state index is 0.147. The van der Waals surface area contributed by atoms with Gasteiger partial charge in [-0.25, -0.2) is 0 Å². The molecule has 3 aromatic rings. The lowest BCUT2D eigenvalue weighted by atomic mass is 10.0. The highest BCUT2D eigenvalue weighted by atomic mass is 19.4. The van der Waals surface area contributed by atoms with Crippen LogP contribution in [0, 0.1) is 22.7 Å². The van der Waals surface area contributed by atoms with Gasteiger partial charge in [0.05, 0.1) is 29.9 Å². The fourth-order valence-corrected chi connectivity index (χ4v) is 2.83. The number of hydrogen-bond acceptors (Lipinski definition) is 3. The normalized spacial score (nSPS) is 11.9. The van der Waals surface area contributed by atoms with E-state index in [2.05, 4.69) is 4.98 Å². The zero-order valence-corrected chi connectivity index (χ0v) is 14.1. The third-order valence-corrected chi connectivity index (χ3v) is 4.09. The molecular weight excluding hydrogens is 355 g/mol. The molecule has 0 spiro atoms. The molecule has 2 aromatic carbocycles. The fraction of sp³-hybridized carbons (Fsp3) is 0.100. The smallest absolute Gasteiger partial charge is 0.416 e. The van der Waals surface area contributed by atoms with Gasteiger partial charge in [-0.15, -0.1) is 0 Å². The van der Waals surface area contributed by atoms with Gasteiger partial charge >= 0.3 is 6.18 Å². The van der Waals surface area contributed by atoms with E-state index in [1.807, 2.05) is 12.1 Å². The first-order valence-corrected chi connectivity index (χ1v) is 7.76. The molecule has 0 aliphatic heterocycles. The molecule has 3 rings (SSSR count). The van der Waals surface area contributed by atoms with E-state index in [9.17, 15) is 23.7 Å². The van der Waals surface area contributed by atoms with Crippen molar-refractivity contribution < 1.29 is 17.9 Å². The predicted molar refractivity (Wildman–Crippen MR) is 94.5 cm³/mol. The number of benzene rings is 2. The molecule has 0 saturated heterocycles. The SMILES string of the molecule is COc1c(C#N)cccc1/C=C(\C#N)c1c[nH]c2ccc(C(F)(F)F)cc12. The number of methoxy groups -OCH3 is 1. The molecular formula is C20H12F3N3O. The van der Waals surface area contributed by atoms with Gasteiger partial charge in [-0.05, 0) is 30.3 Å². The Balaban J connectivity index is 2.19. The largest absolute Gasteiger partial charge is 0.495 e. The molecule has 1 N–H and O–H groups in total. The molecule has 0 saturated carbocycles. The van der Waals surface area contributed by atoms with Gasteiger partial charge in [0, 0.05) is 28.2 Å². The molecule has 1 heterocycles. The van der Waals surface area contributed by atoms with E-state index >= 15 is 0 Å². The monoisotopic (exact) mass is 367 g/mol. The number of H-pyrrole nitrogens is 1. The van der Waals surface area contributed by atoms with E-state index in [1.165, 1.54) is 25.4 Å². The number of halogens is 3. The van der Waals surface area contributed by atoms with Crippen LogP contribution in [0.15, 0.2) is 42.6 Å². The molecule has 0 atom stereocenters. The highest BCUT2D eigenvalue weighted by Crippen LogP contribution is 2.35. The molecule has 134 valence electrons. The molecule has 0 fully saturated rings. The van der Waals surface area contributed by atoms with Crippen LogP contribution in [0.5, 0.6) is 5.75 Å². The van der Waals surface area contributed by atoms with Crippen molar-refractivity contribution >= 4 is 22.6 Å². The lowest BCUT2D eigenvalue weighted by Crippen LogP contribution is -2.04. The maximum Gasteiger partial charge on any atom is 0.416 e. The number of para-hydroxylation sites is 1. The van der Waals surface area contributed by atoms with Crippen LogP contribution in [-0.2, 0) is 6.18 Å². The molecule has 0 unspecified atom stereocenters. The number of nitrogens with zero attached hydrogens (tertiary/aromatic N) is 2. The molecule has 27 heavy (non-hydrogen) atoms. The molecule has 0 aliphatic carbocycles. The van der Waals surface area contributed by atoms with Gasteiger partial charge in [0.25, 0.3) is 0 Å². The second-order valence-electron chi connectivity index (χ2n) is 5.67. The van der Waals surface area contributed by atoms with Crippen molar-refractivity contribution in [2.75, 3.05) is 7.11 Å². The highest BCUT2D eigenvalue weighted by molar-refractivity contribution is 6.01. The van der Waals surface area contributed by atoms with Gasteiger partial charge < -0.3 is 9.72 Å². The first kappa shape index (κ1) is 18.1. The highest BCUT2D eigenvalue weighted by Gasteiger charge is 2.30. The standard InChI is InChI=1S/C20H12F3N3O/c1-27-19-12(3-2-4-13(19)9-24)7-14(10-25)17-11-26-18-6-5-15(8-16(17)18)20(21,22)23/h2-8,11,26H,1H3/b14-7+. The molecule has 0 aliphatic rings. The van der Waals surface area contributed by atoms with Crippen molar-refractivity contribution in [1.82, 2.24) is 4.98 Å². The number of nitriles is 2. The van der Waals surface area contributed by atoms with Gasteiger partial charge in [0.2, 0.25) is 0 Å². The fourth-order valence-electron chi connectivity index (χ4n) is 2.83. The van der Waals surface area contributed by atoms with Crippen LogP contribution in [-0.4, -0.2) is 12.1 Å². The number of ether oxygens (including phenoxy) is 1. The first-order chi connectivity index (χ1) is 12.9. The third-order valence-electron chi connectivity index (χ3n) is 4.09. The number of alkyl halides is 3. The Morgan fingerprint density at radius 1 is 1.19 bits per heavy atom. The maximum absolute atomic E-state index is 13.0. The second-order valence-corrected chi connectivity index (χ2v) is 5.67. The van der Waals surface area contributed by atoms with Gasteiger partial charge in [0.15, 0.2) is 0 Å². The number of aromatic amines is 1. The lowest BCUT2D eigenvalue weighted by Gasteiger charge is -2.08. The molecule has 7 heteroatoms. The average molecular weight is 367 g/mol. The van der Waals surface area contributed by atoms with Crippen molar-refractivity contribution in [3.63, 3.8) is 0 Å². The number of hydrogen-bond donors (Lipinski definition) is 1. The number of rotatable bonds is 3. The summed E-state index contributed by atoms with van der Waals surface area (Å²) in [5.74, 6) is 0.295. The summed E-state index contributed by atoms with van der Waals surface area (Å²) in [6, 6.07) is 12.2. The summed E-state index contributed by atoms with van der Waals surface area (Å²) >= 11 is 0. The van der Waals surface area contributed by atoms with E-state index in [0.717, 1.165) is 12.1 Å². The van der Waals surface area contributed by atoms with Gasteiger partial charge in [0.1, 0.15) is 11.8 Å². The lowest BCUT2D eigenvalue weighted by molar-refractivity contribution is -0.137. The van der Waals surface area contributed by atoms with Crippen LogP contribution in [0.4, 0.5) is 13.2 Å².